The molecule has 1 aliphatic carbocycles. The van der Waals surface area contributed by atoms with Crippen LogP contribution in [0.5, 0.6) is 11.5 Å². The van der Waals surface area contributed by atoms with E-state index in [-0.39, 0.29) is 6.03 Å². The zero-order chi connectivity index (χ0) is 20.0. The number of anilines is 1. The van der Waals surface area contributed by atoms with Crippen LogP contribution >= 0.6 is 23.4 Å². The number of tetrazole rings is 1. The molecule has 1 aliphatic heterocycles. The second-order valence-electron chi connectivity index (χ2n) is 7.12. The molecule has 5 rings (SSSR count). The van der Waals surface area contributed by atoms with Gasteiger partial charge in [-0.05, 0) is 47.5 Å². The molecule has 2 amide bonds. The van der Waals surface area contributed by atoms with E-state index in [1.54, 1.807) is 18.2 Å². The number of carbonyl (C=O) groups is 1. The van der Waals surface area contributed by atoms with Crippen molar-refractivity contribution in [2.45, 2.75) is 31.2 Å². The van der Waals surface area contributed by atoms with E-state index in [2.05, 4.69) is 25.9 Å². The molecule has 29 heavy (non-hydrogen) atoms. The highest BCUT2D eigenvalue weighted by atomic mass is 35.5. The van der Waals surface area contributed by atoms with Gasteiger partial charge in [-0.3, -0.25) is 0 Å². The average Bonchev–Trinajstić information content (AvgIpc) is 3.40. The number of para-hydroxylation sites is 1. The summed E-state index contributed by atoms with van der Waals surface area (Å²) in [5.74, 6) is 1.44. The Morgan fingerprint density at radius 3 is 2.69 bits per heavy atom. The lowest BCUT2D eigenvalue weighted by molar-refractivity contribution is 0.229. The molecule has 1 saturated carbocycles. The first kappa shape index (κ1) is 18.2. The van der Waals surface area contributed by atoms with Crippen molar-refractivity contribution in [3.8, 4) is 22.9 Å². The molecular weight excluding hydrogens is 415 g/mol. The molecule has 3 aromatic rings. The molecule has 1 fully saturated rings. The molecule has 0 atom stereocenters. The molecule has 0 unspecified atom stereocenters. The maximum Gasteiger partial charge on any atom is 0.337 e. The molecule has 1 aromatic heterocycles. The monoisotopic (exact) mass is 430 g/mol. The normalized spacial score (nSPS) is 17.3. The van der Waals surface area contributed by atoms with Gasteiger partial charge in [-0.25, -0.2) is 14.3 Å². The molecule has 2 N–H and O–H groups in total. The predicted molar refractivity (Wildman–Crippen MR) is 108 cm³/mol. The quantitative estimate of drug-likeness (QED) is 0.583. The fraction of sp³-hybridized carbons (Fsp3) is 0.263. The molecule has 8 nitrogen and oxygen atoms in total. The zero-order valence-electron chi connectivity index (χ0n) is 15.2. The first-order valence-corrected chi connectivity index (χ1v) is 9.93. The molecule has 10 heteroatoms. The number of nitrogens with zero attached hydrogens (tertiary/aromatic N) is 4. The molecular formula is C19H16Cl2N6O2. The van der Waals surface area contributed by atoms with Gasteiger partial charge in [0.2, 0.25) is 0 Å². The van der Waals surface area contributed by atoms with Crippen molar-refractivity contribution in [1.29, 1.82) is 0 Å². The van der Waals surface area contributed by atoms with Crippen LogP contribution in [0.2, 0.25) is 5.02 Å². The van der Waals surface area contributed by atoms with Gasteiger partial charge >= 0.3 is 6.03 Å². The van der Waals surface area contributed by atoms with Crippen molar-refractivity contribution in [2.75, 3.05) is 4.42 Å². The lowest BCUT2D eigenvalue weighted by Gasteiger charge is -2.40. The van der Waals surface area contributed by atoms with E-state index in [0.717, 1.165) is 35.7 Å². The fourth-order valence-corrected chi connectivity index (χ4v) is 4.61. The average molecular weight is 431 g/mol. The minimum absolute atomic E-state index is 0.329. The van der Waals surface area contributed by atoms with E-state index in [1.165, 1.54) is 0 Å². The van der Waals surface area contributed by atoms with Gasteiger partial charge < -0.3 is 10.1 Å². The van der Waals surface area contributed by atoms with Crippen LogP contribution in [-0.2, 0) is 5.54 Å². The third-order valence-electron chi connectivity index (χ3n) is 5.46. The fourth-order valence-electron chi connectivity index (χ4n) is 4.21. The highest BCUT2D eigenvalue weighted by Gasteiger charge is 2.46. The Morgan fingerprint density at radius 1 is 1.14 bits per heavy atom. The number of nitrogens with one attached hydrogen (secondary N) is 2. The third-order valence-corrected chi connectivity index (χ3v) is 6.09. The number of halogens is 2. The van der Waals surface area contributed by atoms with Crippen LogP contribution < -0.4 is 14.5 Å². The van der Waals surface area contributed by atoms with Gasteiger partial charge in [0.15, 0.2) is 11.6 Å². The lowest BCUT2D eigenvalue weighted by Crippen LogP contribution is -2.52. The summed E-state index contributed by atoms with van der Waals surface area (Å²) in [7, 11) is 0. The van der Waals surface area contributed by atoms with Crippen LogP contribution in [0, 0.1) is 0 Å². The van der Waals surface area contributed by atoms with Crippen molar-refractivity contribution in [1.82, 2.24) is 25.9 Å². The van der Waals surface area contributed by atoms with Gasteiger partial charge in [0, 0.05) is 17.3 Å². The Kier molecular flexibility index (Phi) is 4.33. The minimum atomic E-state index is -0.510. The van der Waals surface area contributed by atoms with Gasteiger partial charge in [-0.2, -0.15) is 0 Å². The number of ether oxygens (including phenoxy) is 1. The molecule has 2 aliphatic rings. The first-order chi connectivity index (χ1) is 14.1. The van der Waals surface area contributed by atoms with Crippen LogP contribution in [0.25, 0.3) is 11.4 Å². The standard InChI is InChI=1S/C19H16Cl2N6O2/c20-12-6-3-5-11(17-23-25-26-24-17)16(12)29-14-8-4-7-13-15(14)19(9-1-2-10-19)22-18(28)27(13)21/h3-8H,1-2,9-10H2,(H,22,28)(H,23,24,25,26). The number of aromatic nitrogens is 4. The molecule has 1 spiro atoms. The second kappa shape index (κ2) is 6.89. The number of hydrogen-bond acceptors (Lipinski definition) is 5. The molecule has 2 aromatic carbocycles. The van der Waals surface area contributed by atoms with E-state index < -0.39 is 5.54 Å². The Hall–Kier alpha value is -2.84. The summed E-state index contributed by atoms with van der Waals surface area (Å²) >= 11 is 12.8. The summed E-state index contributed by atoms with van der Waals surface area (Å²) in [4.78, 5) is 12.4. The highest BCUT2D eigenvalue weighted by Crippen LogP contribution is 2.51. The first-order valence-electron chi connectivity index (χ1n) is 9.21. The van der Waals surface area contributed by atoms with Gasteiger partial charge in [-0.15, -0.1) is 5.10 Å². The SMILES string of the molecule is O=C1NC2(CCCC2)c2c(Oc3c(Cl)cccc3-c3nnn[nH]3)cccc2N1Cl. The smallest absolute Gasteiger partial charge is 0.337 e. The number of hydrogen-bond donors (Lipinski definition) is 2. The lowest BCUT2D eigenvalue weighted by atomic mass is 9.84. The molecule has 0 bridgehead atoms. The van der Waals surface area contributed by atoms with E-state index >= 15 is 0 Å². The Labute approximate surface area is 176 Å². The van der Waals surface area contributed by atoms with Crippen molar-refractivity contribution in [3.63, 3.8) is 0 Å². The van der Waals surface area contributed by atoms with Crippen molar-refractivity contribution >= 4 is 35.1 Å². The molecule has 148 valence electrons. The van der Waals surface area contributed by atoms with Crippen LogP contribution in [-0.4, -0.2) is 26.7 Å². The summed E-state index contributed by atoms with van der Waals surface area (Å²) in [6.45, 7) is 0. The molecule has 2 heterocycles. The van der Waals surface area contributed by atoms with Crippen molar-refractivity contribution in [2.24, 2.45) is 0 Å². The predicted octanol–water partition coefficient (Wildman–Crippen LogP) is 4.77. The van der Waals surface area contributed by atoms with E-state index in [1.807, 2.05) is 18.2 Å². The molecule has 0 saturated heterocycles. The second-order valence-corrected chi connectivity index (χ2v) is 7.86. The number of urea groups is 1. The highest BCUT2D eigenvalue weighted by molar-refractivity contribution is 6.37. The Balaban J connectivity index is 1.66. The topological polar surface area (TPSA) is 96.0 Å². The van der Waals surface area contributed by atoms with Gasteiger partial charge in [0.05, 0.1) is 21.8 Å². The number of amides is 2. The Bertz CT molecular complexity index is 1080. The molecule has 0 radical (unpaired) electrons. The third kappa shape index (κ3) is 2.90. The van der Waals surface area contributed by atoms with E-state index in [0.29, 0.717) is 33.6 Å². The summed E-state index contributed by atoms with van der Waals surface area (Å²) in [6, 6.07) is 10.5. The number of rotatable bonds is 3. The maximum absolute atomic E-state index is 12.4. The zero-order valence-corrected chi connectivity index (χ0v) is 16.7. The summed E-state index contributed by atoms with van der Waals surface area (Å²) in [5, 5.41) is 17.5. The number of aromatic amines is 1. The van der Waals surface area contributed by atoms with Crippen LogP contribution in [0.3, 0.4) is 0 Å². The minimum Gasteiger partial charge on any atom is -0.455 e. The van der Waals surface area contributed by atoms with Crippen LogP contribution in [0.4, 0.5) is 10.5 Å². The van der Waals surface area contributed by atoms with Gasteiger partial charge in [0.25, 0.3) is 0 Å². The van der Waals surface area contributed by atoms with Crippen LogP contribution in [0.1, 0.15) is 31.2 Å². The van der Waals surface area contributed by atoms with Crippen molar-refractivity contribution < 1.29 is 9.53 Å². The summed E-state index contributed by atoms with van der Waals surface area (Å²) < 4.78 is 7.45. The number of carbonyl (C=O) groups excluding carboxylic acids is 1. The number of fused-ring (bicyclic) bond motifs is 2. The largest absolute Gasteiger partial charge is 0.455 e. The van der Waals surface area contributed by atoms with Crippen molar-refractivity contribution in [3.05, 3.63) is 47.0 Å². The van der Waals surface area contributed by atoms with Gasteiger partial charge in [0.1, 0.15) is 5.75 Å². The Morgan fingerprint density at radius 2 is 1.93 bits per heavy atom. The van der Waals surface area contributed by atoms with Crippen LogP contribution in [0.15, 0.2) is 36.4 Å². The summed E-state index contributed by atoms with van der Waals surface area (Å²) in [5.41, 5.74) is 1.59. The summed E-state index contributed by atoms with van der Waals surface area (Å²) in [6.07, 6.45) is 3.66. The number of H-pyrrole nitrogens is 1. The maximum atomic E-state index is 12.4. The number of benzene rings is 2. The van der Waals surface area contributed by atoms with E-state index in [4.69, 9.17) is 28.1 Å². The van der Waals surface area contributed by atoms with E-state index in [9.17, 15) is 4.79 Å². The van der Waals surface area contributed by atoms with Gasteiger partial charge in [-0.1, -0.05) is 36.6 Å².